The van der Waals surface area contributed by atoms with E-state index in [2.05, 4.69) is 26.9 Å². The van der Waals surface area contributed by atoms with Gasteiger partial charge in [-0.2, -0.15) is 0 Å². The second-order valence-electron chi connectivity index (χ2n) is 6.75. The zero-order valence-electron chi connectivity index (χ0n) is 16.9. The van der Waals surface area contributed by atoms with Crippen molar-refractivity contribution in [3.8, 4) is 17.1 Å². The third kappa shape index (κ3) is 5.84. The molecule has 0 unspecified atom stereocenters. The van der Waals surface area contributed by atoms with Crippen LogP contribution in [-0.2, 0) is 22.5 Å². The molecule has 0 atom stereocenters. The lowest BCUT2D eigenvalue weighted by molar-refractivity contribution is -0.144. The summed E-state index contributed by atoms with van der Waals surface area (Å²) in [5.74, 6) is 1.50. The molecule has 7 heteroatoms. The molecule has 6 nitrogen and oxygen atoms in total. The number of ether oxygens (including phenoxy) is 2. The molecule has 0 aliphatic carbocycles. The van der Waals surface area contributed by atoms with Gasteiger partial charge in [0.1, 0.15) is 5.75 Å². The number of carbonyl (C=O) groups excluding carboxylic acids is 1. The Morgan fingerprint density at radius 1 is 1.07 bits per heavy atom. The summed E-state index contributed by atoms with van der Waals surface area (Å²) in [6, 6.07) is 18.0. The SMILES string of the molecule is COc1ccc(-c2nnc(SCC(=O)OC(C)C)n2CCc2ccccc2)cc1. The Hall–Kier alpha value is -2.80. The average Bonchev–Trinajstić information content (AvgIpc) is 3.14. The summed E-state index contributed by atoms with van der Waals surface area (Å²) in [7, 11) is 1.64. The predicted molar refractivity (Wildman–Crippen MR) is 114 cm³/mol. The molecule has 0 aliphatic heterocycles. The van der Waals surface area contributed by atoms with Gasteiger partial charge in [0.2, 0.25) is 0 Å². The maximum absolute atomic E-state index is 12.0. The van der Waals surface area contributed by atoms with E-state index in [-0.39, 0.29) is 17.8 Å². The minimum absolute atomic E-state index is 0.131. The van der Waals surface area contributed by atoms with E-state index in [9.17, 15) is 4.79 Å². The summed E-state index contributed by atoms with van der Waals surface area (Å²) in [6.07, 6.45) is 0.709. The van der Waals surface area contributed by atoms with Crippen molar-refractivity contribution in [2.24, 2.45) is 0 Å². The minimum atomic E-state index is -0.256. The van der Waals surface area contributed by atoms with Crippen LogP contribution in [0.15, 0.2) is 59.8 Å². The fourth-order valence-corrected chi connectivity index (χ4v) is 3.60. The van der Waals surface area contributed by atoms with Crippen molar-refractivity contribution in [1.29, 1.82) is 0 Å². The van der Waals surface area contributed by atoms with Crippen LogP contribution in [0.5, 0.6) is 5.75 Å². The topological polar surface area (TPSA) is 66.2 Å². The van der Waals surface area contributed by atoms with Gasteiger partial charge in [0, 0.05) is 12.1 Å². The monoisotopic (exact) mass is 411 g/mol. The largest absolute Gasteiger partial charge is 0.497 e. The van der Waals surface area contributed by atoms with E-state index in [1.165, 1.54) is 17.3 Å². The highest BCUT2D eigenvalue weighted by Crippen LogP contribution is 2.26. The van der Waals surface area contributed by atoms with Crippen molar-refractivity contribution in [3.63, 3.8) is 0 Å². The Balaban J connectivity index is 1.82. The van der Waals surface area contributed by atoms with Crippen molar-refractivity contribution < 1.29 is 14.3 Å². The standard InChI is InChI=1S/C22H25N3O3S/c1-16(2)28-20(26)15-29-22-24-23-21(18-9-11-19(27-3)12-10-18)25(22)14-13-17-7-5-4-6-8-17/h4-12,16H,13-15H2,1-3H3. The first-order valence-corrected chi connectivity index (χ1v) is 10.5. The average molecular weight is 412 g/mol. The van der Waals surface area contributed by atoms with Crippen LogP contribution < -0.4 is 4.74 Å². The Morgan fingerprint density at radius 3 is 2.45 bits per heavy atom. The number of benzene rings is 2. The third-order valence-electron chi connectivity index (χ3n) is 4.22. The molecular formula is C22H25N3O3S. The molecule has 3 aromatic rings. The summed E-state index contributed by atoms with van der Waals surface area (Å²) < 4.78 is 12.5. The van der Waals surface area contributed by atoms with Crippen molar-refractivity contribution in [3.05, 3.63) is 60.2 Å². The molecule has 1 aromatic heterocycles. The number of aryl methyl sites for hydroxylation is 1. The zero-order chi connectivity index (χ0) is 20.6. The van der Waals surface area contributed by atoms with Gasteiger partial charge >= 0.3 is 5.97 Å². The van der Waals surface area contributed by atoms with Crippen LogP contribution in [0.1, 0.15) is 19.4 Å². The number of nitrogens with zero attached hydrogens (tertiary/aromatic N) is 3. The lowest BCUT2D eigenvalue weighted by atomic mass is 10.1. The summed E-state index contributed by atoms with van der Waals surface area (Å²) in [4.78, 5) is 12.0. The minimum Gasteiger partial charge on any atom is -0.497 e. The van der Waals surface area contributed by atoms with Crippen LogP contribution in [0.25, 0.3) is 11.4 Å². The van der Waals surface area contributed by atoms with Crippen molar-refractivity contribution in [2.45, 2.75) is 38.1 Å². The Morgan fingerprint density at radius 2 is 1.79 bits per heavy atom. The van der Waals surface area contributed by atoms with E-state index >= 15 is 0 Å². The second-order valence-corrected chi connectivity index (χ2v) is 7.69. The van der Waals surface area contributed by atoms with Gasteiger partial charge in [-0.15, -0.1) is 10.2 Å². The van der Waals surface area contributed by atoms with E-state index in [4.69, 9.17) is 9.47 Å². The predicted octanol–water partition coefficient (Wildman–Crippen LogP) is 4.24. The fraction of sp³-hybridized carbons (Fsp3) is 0.318. The molecule has 2 aromatic carbocycles. The number of esters is 1. The maximum atomic E-state index is 12.0. The number of hydrogen-bond acceptors (Lipinski definition) is 6. The normalized spacial score (nSPS) is 10.9. The molecule has 29 heavy (non-hydrogen) atoms. The number of methoxy groups -OCH3 is 1. The van der Waals surface area contributed by atoms with Gasteiger partial charge in [-0.05, 0) is 50.1 Å². The molecule has 152 valence electrons. The number of hydrogen-bond donors (Lipinski definition) is 0. The van der Waals surface area contributed by atoms with Crippen LogP contribution in [0.4, 0.5) is 0 Å². The first-order valence-electron chi connectivity index (χ1n) is 9.50. The second kappa shape index (κ2) is 10.1. The lowest BCUT2D eigenvalue weighted by Gasteiger charge is -2.11. The third-order valence-corrected chi connectivity index (χ3v) is 5.16. The van der Waals surface area contributed by atoms with Crippen LogP contribution in [-0.4, -0.2) is 39.7 Å². The van der Waals surface area contributed by atoms with Crippen molar-refractivity contribution in [1.82, 2.24) is 14.8 Å². The van der Waals surface area contributed by atoms with E-state index in [0.717, 1.165) is 23.6 Å². The molecular weight excluding hydrogens is 386 g/mol. The molecule has 1 heterocycles. The summed E-state index contributed by atoms with van der Waals surface area (Å²) in [5.41, 5.74) is 2.18. The Kier molecular flexibility index (Phi) is 7.30. The molecule has 0 saturated carbocycles. The molecule has 0 aliphatic rings. The van der Waals surface area contributed by atoms with Gasteiger partial charge in [-0.25, -0.2) is 0 Å². The molecule has 0 fully saturated rings. The summed E-state index contributed by atoms with van der Waals surface area (Å²) in [5, 5.41) is 9.43. The highest BCUT2D eigenvalue weighted by Gasteiger charge is 2.17. The molecule has 0 radical (unpaired) electrons. The van der Waals surface area contributed by atoms with Crippen molar-refractivity contribution in [2.75, 3.05) is 12.9 Å². The highest BCUT2D eigenvalue weighted by atomic mass is 32.2. The van der Waals surface area contributed by atoms with Crippen LogP contribution >= 0.6 is 11.8 Å². The Labute approximate surface area is 175 Å². The number of carbonyl (C=O) groups is 1. The number of thioether (sulfide) groups is 1. The molecule has 0 N–H and O–H groups in total. The number of aromatic nitrogens is 3. The Bertz CT molecular complexity index is 924. The van der Waals surface area contributed by atoms with Gasteiger partial charge in [-0.3, -0.25) is 4.79 Å². The van der Waals surface area contributed by atoms with Gasteiger partial charge in [-0.1, -0.05) is 42.1 Å². The zero-order valence-corrected chi connectivity index (χ0v) is 17.7. The lowest BCUT2D eigenvalue weighted by Crippen LogP contribution is -2.14. The first-order chi connectivity index (χ1) is 14.1. The molecule has 3 rings (SSSR count). The quantitative estimate of drug-likeness (QED) is 0.388. The van der Waals surface area contributed by atoms with Gasteiger partial charge < -0.3 is 14.0 Å². The van der Waals surface area contributed by atoms with Crippen molar-refractivity contribution >= 4 is 17.7 Å². The van der Waals surface area contributed by atoms with E-state index in [1.807, 2.05) is 56.3 Å². The summed E-state index contributed by atoms with van der Waals surface area (Å²) >= 11 is 1.35. The van der Waals surface area contributed by atoms with Gasteiger partial charge in [0.25, 0.3) is 0 Å². The van der Waals surface area contributed by atoms with Crippen LogP contribution in [0.3, 0.4) is 0 Å². The smallest absolute Gasteiger partial charge is 0.316 e. The van der Waals surface area contributed by atoms with Gasteiger partial charge in [0.15, 0.2) is 11.0 Å². The highest BCUT2D eigenvalue weighted by molar-refractivity contribution is 7.99. The summed E-state index contributed by atoms with van der Waals surface area (Å²) in [6.45, 7) is 4.39. The molecule has 0 saturated heterocycles. The van der Waals surface area contributed by atoms with Crippen LogP contribution in [0, 0.1) is 0 Å². The van der Waals surface area contributed by atoms with E-state index in [0.29, 0.717) is 11.7 Å². The number of rotatable bonds is 9. The first kappa shape index (κ1) is 20.9. The van der Waals surface area contributed by atoms with E-state index < -0.39 is 0 Å². The molecule has 0 amide bonds. The van der Waals surface area contributed by atoms with Gasteiger partial charge in [0.05, 0.1) is 19.0 Å². The fourth-order valence-electron chi connectivity index (χ4n) is 2.86. The van der Waals surface area contributed by atoms with E-state index in [1.54, 1.807) is 7.11 Å². The molecule has 0 spiro atoms. The van der Waals surface area contributed by atoms with Crippen LogP contribution in [0.2, 0.25) is 0 Å². The maximum Gasteiger partial charge on any atom is 0.316 e. The molecule has 0 bridgehead atoms.